The third-order valence-electron chi connectivity index (χ3n) is 9.55. The number of anilines is 1. The van der Waals surface area contributed by atoms with Gasteiger partial charge in [0.1, 0.15) is 18.1 Å². The minimum atomic E-state index is -0.358. The molecule has 2 aliphatic heterocycles. The lowest BCUT2D eigenvalue weighted by Gasteiger charge is -2.43. The average molecular weight is 597 g/mol. The Balaban J connectivity index is 1.18. The van der Waals surface area contributed by atoms with Gasteiger partial charge in [-0.1, -0.05) is 59.9 Å². The maximum atomic E-state index is 14.0. The van der Waals surface area contributed by atoms with Gasteiger partial charge in [-0.15, -0.1) is 11.8 Å². The lowest BCUT2D eigenvalue weighted by molar-refractivity contribution is -0.123. The van der Waals surface area contributed by atoms with Crippen LogP contribution in [0.3, 0.4) is 0 Å². The van der Waals surface area contributed by atoms with Gasteiger partial charge < -0.3 is 14.5 Å². The number of fused-ring (bicyclic) bond motifs is 9. The molecule has 5 unspecified atom stereocenters. The lowest BCUT2D eigenvalue weighted by atomic mass is 9.68. The van der Waals surface area contributed by atoms with Crippen molar-refractivity contribution in [3.63, 3.8) is 0 Å². The van der Waals surface area contributed by atoms with E-state index in [1.54, 1.807) is 43.1 Å². The summed E-state index contributed by atoms with van der Waals surface area (Å²) in [6.07, 6.45) is 0.842. The molecule has 3 aromatic carbocycles. The van der Waals surface area contributed by atoms with E-state index in [0.717, 1.165) is 33.2 Å². The number of ether oxygens (including phenoxy) is 2. The first-order chi connectivity index (χ1) is 20.5. The van der Waals surface area contributed by atoms with Crippen molar-refractivity contribution in [2.45, 2.75) is 29.2 Å². The summed E-state index contributed by atoms with van der Waals surface area (Å²) in [5, 5.41) is 1.01. The molecule has 1 N–H and O–H groups in total. The zero-order valence-corrected chi connectivity index (χ0v) is 24.4. The molecule has 1 aromatic heterocycles. The van der Waals surface area contributed by atoms with Crippen molar-refractivity contribution in [2.75, 3.05) is 12.0 Å². The van der Waals surface area contributed by atoms with Gasteiger partial charge in [0, 0.05) is 21.6 Å². The first-order valence-corrected chi connectivity index (χ1v) is 15.9. The Morgan fingerprint density at radius 1 is 0.881 bits per heavy atom. The van der Waals surface area contributed by atoms with E-state index < -0.39 is 0 Å². The molecule has 7 atom stereocenters. The molecule has 2 bridgehead atoms. The van der Waals surface area contributed by atoms with E-state index in [9.17, 15) is 14.4 Å². The summed E-state index contributed by atoms with van der Waals surface area (Å²) in [5.41, 5.74) is 2.70. The molecule has 2 saturated carbocycles. The Kier molecular flexibility index (Phi) is 6.08. The number of imide groups is 1. The highest BCUT2D eigenvalue weighted by Gasteiger charge is 2.69. The standard InChI is InChI=1S/C33H28N2O5S2/c1-39-19-13-11-18(12-14-19)35-31(36)26-21-15-22(27(26)32(35)37)28-25(21)24(29-30(41-28)34-33(38)42-29)20-9-5-6-10-23(20)40-16-17-7-3-2-4-8-17/h2-14,21-22,24-28H,15-16H2,1H3,(H,34,38)/t21-,22-,24?,25?,26?,27?,28?/m1/s1. The van der Waals surface area contributed by atoms with E-state index in [4.69, 9.17) is 9.47 Å². The molecule has 2 amide bonds. The van der Waals surface area contributed by atoms with Crippen molar-refractivity contribution >= 4 is 40.6 Å². The van der Waals surface area contributed by atoms with Crippen LogP contribution >= 0.6 is 23.1 Å². The van der Waals surface area contributed by atoms with Gasteiger partial charge in [0.15, 0.2) is 0 Å². The normalized spacial score (nSPS) is 28.9. The molecular weight excluding hydrogens is 569 g/mol. The summed E-state index contributed by atoms with van der Waals surface area (Å²) >= 11 is 2.95. The molecular formula is C33H28N2O5S2. The number of benzene rings is 3. The number of carbonyl (C=O) groups is 2. The summed E-state index contributed by atoms with van der Waals surface area (Å²) < 4.78 is 11.7. The molecule has 9 heteroatoms. The van der Waals surface area contributed by atoms with Gasteiger partial charge in [0.25, 0.3) is 0 Å². The summed E-state index contributed by atoms with van der Waals surface area (Å²) in [4.78, 5) is 46.0. The number of amides is 2. The van der Waals surface area contributed by atoms with Gasteiger partial charge >= 0.3 is 4.87 Å². The van der Waals surface area contributed by atoms with Crippen LogP contribution in [0, 0.1) is 29.6 Å². The fourth-order valence-corrected chi connectivity index (χ4v) is 10.8. The molecule has 42 heavy (non-hydrogen) atoms. The number of nitrogens with one attached hydrogen (secondary N) is 1. The highest BCUT2D eigenvalue weighted by atomic mass is 32.2. The molecule has 2 aliphatic carbocycles. The monoisotopic (exact) mass is 596 g/mol. The molecule has 0 radical (unpaired) electrons. The van der Waals surface area contributed by atoms with Crippen molar-refractivity contribution in [2.24, 2.45) is 29.6 Å². The molecule has 4 aromatic rings. The minimum Gasteiger partial charge on any atom is -0.497 e. The van der Waals surface area contributed by atoms with Crippen LogP contribution in [0.25, 0.3) is 0 Å². The predicted octanol–water partition coefficient (Wildman–Crippen LogP) is 5.70. The predicted molar refractivity (Wildman–Crippen MR) is 161 cm³/mol. The molecule has 1 saturated heterocycles. The fourth-order valence-electron chi connectivity index (χ4n) is 7.96. The Hall–Kier alpha value is -3.82. The lowest BCUT2D eigenvalue weighted by Crippen LogP contribution is -2.42. The number of para-hydroxylation sites is 1. The number of hydrogen-bond acceptors (Lipinski definition) is 7. The highest BCUT2D eigenvalue weighted by molar-refractivity contribution is 8.00. The molecule has 7 nitrogen and oxygen atoms in total. The highest BCUT2D eigenvalue weighted by Crippen LogP contribution is 2.69. The zero-order valence-electron chi connectivity index (χ0n) is 22.8. The number of carbonyl (C=O) groups excluding carboxylic acids is 2. The minimum absolute atomic E-state index is 0.0368. The number of methoxy groups -OCH3 is 1. The number of aromatic amines is 1. The third kappa shape index (κ3) is 3.83. The van der Waals surface area contributed by atoms with Crippen molar-refractivity contribution in [3.8, 4) is 11.5 Å². The molecule has 3 fully saturated rings. The number of aromatic nitrogens is 1. The SMILES string of the molecule is COc1ccc(N2C(=O)C3C(C2=O)[C@@H]2C[C@H]3C3Sc4[nH]c(=O)sc4C(c4ccccc4OCc4ccccc4)C32)cc1. The quantitative estimate of drug-likeness (QED) is 0.287. The summed E-state index contributed by atoms with van der Waals surface area (Å²) in [5.74, 6) is 0.666. The Bertz CT molecular complexity index is 1750. The van der Waals surface area contributed by atoms with Gasteiger partial charge in [0.2, 0.25) is 11.8 Å². The maximum absolute atomic E-state index is 14.0. The number of thioether (sulfide) groups is 1. The van der Waals surface area contributed by atoms with Crippen molar-refractivity contribution < 1.29 is 19.1 Å². The molecule has 4 aliphatic rings. The van der Waals surface area contributed by atoms with Crippen LogP contribution in [0.5, 0.6) is 11.5 Å². The Labute approximate surface area is 250 Å². The zero-order chi connectivity index (χ0) is 28.5. The van der Waals surface area contributed by atoms with Gasteiger partial charge in [0.05, 0.1) is 29.7 Å². The van der Waals surface area contributed by atoms with Crippen LogP contribution in [-0.4, -0.2) is 29.2 Å². The second-order valence-electron chi connectivity index (χ2n) is 11.5. The first-order valence-electron chi connectivity index (χ1n) is 14.2. The molecule has 212 valence electrons. The number of H-pyrrole nitrogens is 1. The second kappa shape index (κ2) is 9.88. The van der Waals surface area contributed by atoms with E-state index in [2.05, 4.69) is 11.1 Å². The van der Waals surface area contributed by atoms with Crippen LogP contribution in [0.4, 0.5) is 5.69 Å². The summed E-state index contributed by atoms with van der Waals surface area (Å²) in [6.45, 7) is 0.435. The van der Waals surface area contributed by atoms with Crippen molar-refractivity contribution in [1.82, 2.24) is 4.98 Å². The largest absolute Gasteiger partial charge is 0.497 e. The molecule has 8 rings (SSSR count). The maximum Gasteiger partial charge on any atom is 0.305 e. The van der Waals surface area contributed by atoms with Crippen LogP contribution in [-0.2, 0) is 16.2 Å². The number of hydrogen-bond donors (Lipinski definition) is 1. The van der Waals surface area contributed by atoms with Gasteiger partial charge in [-0.3, -0.25) is 19.3 Å². The van der Waals surface area contributed by atoms with E-state index in [-0.39, 0.29) is 57.4 Å². The molecule has 3 heterocycles. The van der Waals surface area contributed by atoms with Gasteiger partial charge in [-0.25, -0.2) is 0 Å². The van der Waals surface area contributed by atoms with Crippen molar-refractivity contribution in [3.05, 3.63) is 105 Å². The van der Waals surface area contributed by atoms with Gasteiger partial charge in [-0.05, 0) is 60.1 Å². The first kappa shape index (κ1) is 25.9. The van der Waals surface area contributed by atoms with E-state index >= 15 is 0 Å². The third-order valence-corrected chi connectivity index (χ3v) is 12.1. The smallest absolute Gasteiger partial charge is 0.305 e. The number of rotatable bonds is 6. The number of thiazole rings is 1. The van der Waals surface area contributed by atoms with Crippen LogP contribution in [0.2, 0.25) is 0 Å². The topological polar surface area (TPSA) is 88.7 Å². The Morgan fingerprint density at radius 2 is 1.60 bits per heavy atom. The van der Waals surface area contributed by atoms with E-state index in [1.807, 2.05) is 48.5 Å². The average Bonchev–Trinajstić information content (AvgIpc) is 3.75. The molecule has 0 spiro atoms. The van der Waals surface area contributed by atoms with Crippen LogP contribution in [0.1, 0.15) is 28.3 Å². The van der Waals surface area contributed by atoms with Crippen LogP contribution in [0.15, 0.2) is 88.7 Å². The second-order valence-corrected chi connectivity index (χ2v) is 13.7. The van der Waals surface area contributed by atoms with E-state index in [0.29, 0.717) is 18.0 Å². The fraction of sp³-hybridized carbons (Fsp3) is 0.303. The summed E-state index contributed by atoms with van der Waals surface area (Å²) in [6, 6.07) is 25.3. The van der Waals surface area contributed by atoms with Crippen molar-refractivity contribution in [1.29, 1.82) is 0 Å². The van der Waals surface area contributed by atoms with Gasteiger partial charge in [-0.2, -0.15) is 0 Å². The summed E-state index contributed by atoms with van der Waals surface area (Å²) in [7, 11) is 1.59. The van der Waals surface area contributed by atoms with Crippen LogP contribution < -0.4 is 19.2 Å². The van der Waals surface area contributed by atoms with E-state index in [1.165, 1.54) is 16.2 Å². The number of nitrogens with zero attached hydrogens (tertiary/aromatic N) is 1. The Morgan fingerprint density at radius 3 is 2.36 bits per heavy atom.